The van der Waals surface area contributed by atoms with Crippen molar-refractivity contribution in [1.29, 1.82) is 0 Å². The van der Waals surface area contributed by atoms with Crippen LogP contribution in [-0.2, 0) is 4.79 Å². The summed E-state index contributed by atoms with van der Waals surface area (Å²) < 4.78 is 0. The molecule has 1 heterocycles. The summed E-state index contributed by atoms with van der Waals surface area (Å²) in [7, 11) is 0. The van der Waals surface area contributed by atoms with Crippen molar-refractivity contribution in [3.63, 3.8) is 0 Å². The van der Waals surface area contributed by atoms with Crippen LogP contribution >= 0.6 is 0 Å². The molecule has 0 radical (unpaired) electrons. The van der Waals surface area contributed by atoms with Crippen molar-refractivity contribution in [3.05, 3.63) is 29.8 Å². The summed E-state index contributed by atoms with van der Waals surface area (Å²) in [6.45, 7) is 8.69. The van der Waals surface area contributed by atoms with Gasteiger partial charge in [0.25, 0.3) is 5.91 Å². The molecule has 2 atom stereocenters. The van der Waals surface area contributed by atoms with Crippen LogP contribution in [0.15, 0.2) is 24.3 Å². The maximum atomic E-state index is 12.8. The Hall–Kier alpha value is -1.88. The second-order valence-electron chi connectivity index (χ2n) is 7.45. The fourth-order valence-corrected chi connectivity index (χ4v) is 3.32. The molecule has 0 unspecified atom stereocenters. The Morgan fingerprint density at radius 2 is 2.12 bits per heavy atom. The fourth-order valence-electron chi connectivity index (χ4n) is 3.32. The van der Waals surface area contributed by atoms with E-state index in [1.165, 1.54) is 6.92 Å². The molecule has 1 aliphatic rings. The van der Waals surface area contributed by atoms with E-state index in [9.17, 15) is 14.7 Å². The van der Waals surface area contributed by atoms with Gasteiger partial charge in [0, 0.05) is 37.2 Å². The lowest BCUT2D eigenvalue weighted by Gasteiger charge is -2.43. The van der Waals surface area contributed by atoms with E-state index in [4.69, 9.17) is 0 Å². The molecule has 24 heavy (non-hydrogen) atoms. The highest BCUT2D eigenvalue weighted by Gasteiger charge is 2.39. The van der Waals surface area contributed by atoms with E-state index in [-0.39, 0.29) is 17.7 Å². The first kappa shape index (κ1) is 18.5. The highest BCUT2D eigenvalue weighted by molar-refractivity contribution is 5.96. The van der Waals surface area contributed by atoms with Gasteiger partial charge in [-0.05, 0) is 43.9 Å². The average molecular weight is 332 g/mol. The SMILES string of the molecule is CC(=O)Nc1cccc(C(=O)N2CC[C@@](C)(O)[C@@H](CC(C)C)C2)c1. The molecule has 5 nitrogen and oxygen atoms in total. The topological polar surface area (TPSA) is 69.6 Å². The van der Waals surface area contributed by atoms with Crippen molar-refractivity contribution >= 4 is 17.5 Å². The highest BCUT2D eigenvalue weighted by atomic mass is 16.3. The van der Waals surface area contributed by atoms with Crippen LogP contribution in [0.1, 0.15) is 50.9 Å². The number of benzene rings is 1. The molecule has 1 fully saturated rings. The Kier molecular flexibility index (Phi) is 5.65. The van der Waals surface area contributed by atoms with Gasteiger partial charge < -0.3 is 15.3 Å². The van der Waals surface area contributed by atoms with Gasteiger partial charge in [-0.2, -0.15) is 0 Å². The molecule has 132 valence electrons. The minimum absolute atomic E-state index is 0.0496. The number of nitrogens with one attached hydrogen (secondary N) is 1. The van der Waals surface area contributed by atoms with Crippen LogP contribution in [0, 0.1) is 11.8 Å². The van der Waals surface area contributed by atoms with Gasteiger partial charge in [0.15, 0.2) is 0 Å². The quantitative estimate of drug-likeness (QED) is 0.891. The number of amides is 2. The molecule has 0 spiro atoms. The zero-order valence-corrected chi connectivity index (χ0v) is 15.0. The predicted octanol–water partition coefficient (Wildman–Crippen LogP) is 2.90. The third kappa shape index (κ3) is 4.57. The first-order valence-corrected chi connectivity index (χ1v) is 8.58. The van der Waals surface area contributed by atoms with Crippen LogP contribution < -0.4 is 5.32 Å². The Morgan fingerprint density at radius 1 is 1.42 bits per heavy atom. The van der Waals surface area contributed by atoms with Crippen molar-refractivity contribution in [2.75, 3.05) is 18.4 Å². The number of piperidine rings is 1. The molecule has 1 saturated heterocycles. The zero-order valence-electron chi connectivity index (χ0n) is 15.0. The summed E-state index contributed by atoms with van der Waals surface area (Å²) >= 11 is 0. The summed E-state index contributed by atoms with van der Waals surface area (Å²) in [4.78, 5) is 25.8. The van der Waals surface area contributed by atoms with Crippen molar-refractivity contribution in [2.45, 2.75) is 46.1 Å². The number of likely N-dealkylation sites (tertiary alicyclic amines) is 1. The van der Waals surface area contributed by atoms with Crippen molar-refractivity contribution in [2.24, 2.45) is 11.8 Å². The van der Waals surface area contributed by atoms with Gasteiger partial charge in [0.2, 0.25) is 5.91 Å². The number of carbonyl (C=O) groups is 2. The van der Waals surface area contributed by atoms with Crippen LogP contribution in [0.25, 0.3) is 0 Å². The lowest BCUT2D eigenvalue weighted by Crippen LogP contribution is -2.52. The monoisotopic (exact) mass is 332 g/mol. The molecule has 5 heteroatoms. The van der Waals surface area contributed by atoms with Crippen LogP contribution in [0.2, 0.25) is 0 Å². The normalized spacial score (nSPS) is 24.1. The van der Waals surface area contributed by atoms with Crippen molar-refractivity contribution in [3.8, 4) is 0 Å². The molecule has 0 aliphatic carbocycles. The minimum Gasteiger partial charge on any atom is -0.390 e. The van der Waals surface area contributed by atoms with Crippen LogP contribution in [0.5, 0.6) is 0 Å². The number of aliphatic hydroxyl groups is 1. The first-order chi connectivity index (χ1) is 11.2. The van der Waals surface area contributed by atoms with E-state index in [1.807, 2.05) is 11.8 Å². The number of carbonyl (C=O) groups excluding carboxylic acids is 2. The van der Waals surface area contributed by atoms with Crippen LogP contribution in [0.3, 0.4) is 0 Å². The third-order valence-electron chi connectivity index (χ3n) is 4.68. The maximum Gasteiger partial charge on any atom is 0.253 e. The predicted molar refractivity (Wildman–Crippen MR) is 94.8 cm³/mol. The number of anilines is 1. The third-order valence-corrected chi connectivity index (χ3v) is 4.68. The number of rotatable bonds is 4. The smallest absolute Gasteiger partial charge is 0.253 e. The van der Waals surface area contributed by atoms with E-state index < -0.39 is 5.60 Å². The molecule has 0 bridgehead atoms. The molecule has 2 N–H and O–H groups in total. The fraction of sp³-hybridized carbons (Fsp3) is 0.579. The van der Waals surface area contributed by atoms with E-state index >= 15 is 0 Å². The van der Waals surface area contributed by atoms with Gasteiger partial charge in [0.1, 0.15) is 0 Å². The standard InChI is InChI=1S/C19H28N2O3/c1-13(2)10-16-12-21(9-8-19(16,4)24)18(23)15-6-5-7-17(11-15)20-14(3)22/h5-7,11,13,16,24H,8-10,12H2,1-4H3,(H,20,22)/t16-,19+/m0/s1. The summed E-state index contributed by atoms with van der Waals surface area (Å²) in [6.07, 6.45) is 1.48. The van der Waals surface area contributed by atoms with E-state index in [0.717, 1.165) is 6.42 Å². The Morgan fingerprint density at radius 3 is 2.75 bits per heavy atom. The molecule has 0 saturated carbocycles. The summed E-state index contributed by atoms with van der Waals surface area (Å²) in [6, 6.07) is 7.00. The molecule has 1 aliphatic heterocycles. The second-order valence-corrected chi connectivity index (χ2v) is 7.45. The van der Waals surface area contributed by atoms with Gasteiger partial charge >= 0.3 is 0 Å². The molecule has 1 aromatic carbocycles. The van der Waals surface area contributed by atoms with Gasteiger partial charge in [-0.3, -0.25) is 9.59 Å². The van der Waals surface area contributed by atoms with Crippen molar-refractivity contribution in [1.82, 2.24) is 4.90 Å². The molecule has 1 aromatic rings. The number of hydrogen-bond donors (Lipinski definition) is 2. The van der Waals surface area contributed by atoms with E-state index in [2.05, 4.69) is 19.2 Å². The first-order valence-electron chi connectivity index (χ1n) is 8.58. The zero-order chi connectivity index (χ0) is 17.9. The maximum absolute atomic E-state index is 12.8. The van der Waals surface area contributed by atoms with Gasteiger partial charge in [-0.25, -0.2) is 0 Å². The van der Waals surface area contributed by atoms with Crippen LogP contribution in [-0.4, -0.2) is 40.5 Å². The number of nitrogens with zero attached hydrogens (tertiary/aromatic N) is 1. The van der Waals surface area contributed by atoms with Gasteiger partial charge in [-0.1, -0.05) is 19.9 Å². The second kappa shape index (κ2) is 7.34. The van der Waals surface area contributed by atoms with E-state index in [0.29, 0.717) is 36.7 Å². The molecular formula is C19H28N2O3. The average Bonchev–Trinajstić information content (AvgIpc) is 2.48. The molecule has 2 rings (SSSR count). The highest BCUT2D eigenvalue weighted by Crippen LogP contribution is 2.33. The molecule has 2 amide bonds. The summed E-state index contributed by atoms with van der Waals surface area (Å²) in [5.74, 6) is 0.338. The van der Waals surface area contributed by atoms with Crippen LogP contribution in [0.4, 0.5) is 5.69 Å². The summed E-state index contributed by atoms with van der Waals surface area (Å²) in [5, 5.41) is 13.3. The molecule has 0 aromatic heterocycles. The molecular weight excluding hydrogens is 304 g/mol. The summed E-state index contributed by atoms with van der Waals surface area (Å²) in [5.41, 5.74) is 0.459. The van der Waals surface area contributed by atoms with Gasteiger partial charge in [-0.15, -0.1) is 0 Å². The minimum atomic E-state index is -0.723. The Labute approximate surface area is 144 Å². The van der Waals surface area contributed by atoms with Crippen molar-refractivity contribution < 1.29 is 14.7 Å². The number of hydrogen-bond acceptors (Lipinski definition) is 3. The largest absolute Gasteiger partial charge is 0.390 e. The Bertz CT molecular complexity index is 610. The van der Waals surface area contributed by atoms with Gasteiger partial charge in [0.05, 0.1) is 5.60 Å². The van der Waals surface area contributed by atoms with E-state index in [1.54, 1.807) is 24.3 Å². The Balaban J connectivity index is 2.13. The lowest BCUT2D eigenvalue weighted by molar-refractivity contribution is -0.114. The lowest BCUT2D eigenvalue weighted by atomic mass is 9.78.